The Morgan fingerprint density at radius 2 is 2.31 bits per heavy atom. The first-order valence-corrected chi connectivity index (χ1v) is 5.64. The zero-order chi connectivity index (χ0) is 9.26. The summed E-state index contributed by atoms with van der Waals surface area (Å²) in [6, 6.07) is 6.31. The third kappa shape index (κ3) is 1.54. The quantitative estimate of drug-likeness (QED) is 0.709. The molecule has 0 aromatic heterocycles. The second kappa shape index (κ2) is 3.60. The molecule has 0 saturated carbocycles. The van der Waals surface area contributed by atoms with Crippen molar-refractivity contribution < 1.29 is 5.11 Å². The SMILES string of the molecule is CSc1cccc([C@@H]2CCN2)c1O. The number of hydrogen-bond acceptors (Lipinski definition) is 3. The topological polar surface area (TPSA) is 32.3 Å². The fourth-order valence-electron chi connectivity index (χ4n) is 1.54. The third-order valence-electron chi connectivity index (χ3n) is 2.45. The molecule has 3 heteroatoms. The zero-order valence-electron chi connectivity index (χ0n) is 7.58. The predicted octanol–water partition coefficient (Wildman–Crippen LogP) is 2.15. The summed E-state index contributed by atoms with van der Waals surface area (Å²) in [6.45, 7) is 1.06. The van der Waals surface area contributed by atoms with E-state index in [1.54, 1.807) is 11.8 Å². The summed E-state index contributed by atoms with van der Waals surface area (Å²) >= 11 is 1.58. The largest absolute Gasteiger partial charge is 0.506 e. The van der Waals surface area contributed by atoms with Crippen molar-refractivity contribution in [1.82, 2.24) is 5.32 Å². The number of para-hydroxylation sites is 1. The Morgan fingerprint density at radius 1 is 1.54 bits per heavy atom. The van der Waals surface area contributed by atoms with E-state index in [0.29, 0.717) is 11.8 Å². The highest BCUT2D eigenvalue weighted by molar-refractivity contribution is 7.98. The van der Waals surface area contributed by atoms with Gasteiger partial charge in [0.05, 0.1) is 0 Å². The van der Waals surface area contributed by atoms with E-state index < -0.39 is 0 Å². The molecule has 0 spiro atoms. The van der Waals surface area contributed by atoms with Crippen molar-refractivity contribution in [2.45, 2.75) is 17.4 Å². The van der Waals surface area contributed by atoms with Crippen molar-refractivity contribution in [1.29, 1.82) is 0 Å². The molecular weight excluding hydrogens is 182 g/mol. The van der Waals surface area contributed by atoms with E-state index in [-0.39, 0.29) is 0 Å². The van der Waals surface area contributed by atoms with E-state index in [2.05, 4.69) is 5.32 Å². The molecule has 1 atom stereocenters. The average Bonchev–Trinajstić information content (AvgIpc) is 2.05. The molecule has 1 aliphatic heterocycles. The van der Waals surface area contributed by atoms with Gasteiger partial charge in [0.15, 0.2) is 0 Å². The third-order valence-corrected chi connectivity index (χ3v) is 3.22. The molecule has 0 bridgehead atoms. The fraction of sp³-hybridized carbons (Fsp3) is 0.400. The first kappa shape index (κ1) is 8.91. The van der Waals surface area contributed by atoms with Crippen LogP contribution < -0.4 is 5.32 Å². The molecule has 1 aromatic rings. The van der Waals surface area contributed by atoms with Crippen LogP contribution in [-0.4, -0.2) is 17.9 Å². The Bertz CT molecular complexity index is 310. The van der Waals surface area contributed by atoms with Crippen LogP contribution >= 0.6 is 11.8 Å². The maximum absolute atomic E-state index is 9.86. The van der Waals surface area contributed by atoms with Crippen molar-refractivity contribution in [3.8, 4) is 5.75 Å². The summed E-state index contributed by atoms with van der Waals surface area (Å²) < 4.78 is 0. The molecule has 2 rings (SSSR count). The van der Waals surface area contributed by atoms with E-state index in [1.165, 1.54) is 0 Å². The number of phenolic OH excluding ortho intramolecular Hbond substituents is 1. The Morgan fingerprint density at radius 3 is 2.85 bits per heavy atom. The molecule has 2 nitrogen and oxygen atoms in total. The number of aromatic hydroxyl groups is 1. The van der Waals surface area contributed by atoms with Gasteiger partial charge in [0, 0.05) is 16.5 Å². The van der Waals surface area contributed by atoms with Gasteiger partial charge >= 0.3 is 0 Å². The van der Waals surface area contributed by atoms with Crippen LogP contribution in [0.3, 0.4) is 0 Å². The van der Waals surface area contributed by atoms with Gasteiger partial charge < -0.3 is 10.4 Å². The molecule has 1 fully saturated rings. The molecule has 0 aliphatic carbocycles. The average molecular weight is 195 g/mol. The van der Waals surface area contributed by atoms with Gasteiger partial charge in [0.2, 0.25) is 0 Å². The lowest BCUT2D eigenvalue weighted by Crippen LogP contribution is -2.34. The van der Waals surface area contributed by atoms with Crippen LogP contribution in [0.1, 0.15) is 18.0 Å². The number of nitrogens with one attached hydrogen (secondary N) is 1. The summed E-state index contributed by atoms with van der Waals surface area (Å²) in [5.41, 5.74) is 1.04. The predicted molar refractivity (Wildman–Crippen MR) is 55.2 cm³/mol. The molecule has 1 aromatic carbocycles. The number of rotatable bonds is 2. The van der Waals surface area contributed by atoms with Gasteiger partial charge in [-0.05, 0) is 25.3 Å². The Hall–Kier alpha value is -0.670. The highest BCUT2D eigenvalue weighted by Crippen LogP contribution is 2.36. The summed E-state index contributed by atoms with van der Waals surface area (Å²) in [4.78, 5) is 0.964. The van der Waals surface area contributed by atoms with Crippen LogP contribution in [0.4, 0.5) is 0 Å². The van der Waals surface area contributed by atoms with Crippen LogP contribution in [0.2, 0.25) is 0 Å². The van der Waals surface area contributed by atoms with Crippen LogP contribution in [0, 0.1) is 0 Å². The molecular formula is C10H13NOS. The minimum Gasteiger partial charge on any atom is -0.506 e. The van der Waals surface area contributed by atoms with E-state index >= 15 is 0 Å². The summed E-state index contributed by atoms with van der Waals surface area (Å²) in [5, 5.41) is 13.1. The van der Waals surface area contributed by atoms with Crippen molar-refractivity contribution in [3.05, 3.63) is 23.8 Å². The Balaban J connectivity index is 2.33. The maximum Gasteiger partial charge on any atom is 0.133 e. The van der Waals surface area contributed by atoms with Gasteiger partial charge in [0.25, 0.3) is 0 Å². The molecule has 0 unspecified atom stereocenters. The molecule has 70 valence electrons. The molecule has 1 aliphatic rings. The monoisotopic (exact) mass is 195 g/mol. The van der Waals surface area contributed by atoms with Gasteiger partial charge in [-0.25, -0.2) is 0 Å². The number of phenols is 1. The molecule has 1 saturated heterocycles. The van der Waals surface area contributed by atoms with Crippen LogP contribution in [0.15, 0.2) is 23.1 Å². The number of hydrogen-bond donors (Lipinski definition) is 2. The Labute approximate surface area is 82.4 Å². The standard InChI is InChI=1S/C10H13NOS/c1-13-9-4-2-3-7(10(9)12)8-5-6-11-8/h2-4,8,11-12H,5-6H2,1H3/t8-/m0/s1. The summed E-state index contributed by atoms with van der Waals surface area (Å²) in [7, 11) is 0. The normalized spacial score (nSPS) is 21.2. The van der Waals surface area contributed by atoms with Crippen molar-refractivity contribution in [2.24, 2.45) is 0 Å². The first-order valence-electron chi connectivity index (χ1n) is 4.42. The van der Waals surface area contributed by atoms with E-state index in [1.807, 2.05) is 24.5 Å². The van der Waals surface area contributed by atoms with Gasteiger partial charge in [0.1, 0.15) is 5.75 Å². The lowest BCUT2D eigenvalue weighted by molar-refractivity contribution is 0.361. The van der Waals surface area contributed by atoms with Crippen molar-refractivity contribution >= 4 is 11.8 Å². The molecule has 0 amide bonds. The minimum absolute atomic E-state index is 0.368. The maximum atomic E-state index is 9.86. The van der Waals surface area contributed by atoms with Gasteiger partial charge in [-0.1, -0.05) is 12.1 Å². The van der Waals surface area contributed by atoms with Gasteiger partial charge in [-0.2, -0.15) is 0 Å². The smallest absolute Gasteiger partial charge is 0.133 e. The van der Waals surface area contributed by atoms with E-state index in [0.717, 1.165) is 23.4 Å². The van der Waals surface area contributed by atoms with E-state index in [9.17, 15) is 5.11 Å². The molecule has 13 heavy (non-hydrogen) atoms. The van der Waals surface area contributed by atoms with Crippen LogP contribution in [0.5, 0.6) is 5.75 Å². The van der Waals surface area contributed by atoms with Gasteiger partial charge in [-0.15, -0.1) is 11.8 Å². The molecule has 1 heterocycles. The van der Waals surface area contributed by atoms with Crippen molar-refractivity contribution in [2.75, 3.05) is 12.8 Å². The second-order valence-electron chi connectivity index (χ2n) is 3.19. The Kier molecular flexibility index (Phi) is 2.47. The molecule has 2 N–H and O–H groups in total. The highest BCUT2D eigenvalue weighted by atomic mass is 32.2. The lowest BCUT2D eigenvalue weighted by Gasteiger charge is -2.28. The number of benzene rings is 1. The minimum atomic E-state index is 0.368. The van der Waals surface area contributed by atoms with Crippen LogP contribution in [0.25, 0.3) is 0 Å². The van der Waals surface area contributed by atoms with E-state index in [4.69, 9.17) is 0 Å². The summed E-state index contributed by atoms with van der Waals surface area (Å²) in [5.74, 6) is 0.451. The second-order valence-corrected chi connectivity index (χ2v) is 4.04. The number of thioether (sulfide) groups is 1. The molecule has 0 radical (unpaired) electrons. The highest BCUT2D eigenvalue weighted by Gasteiger charge is 2.22. The zero-order valence-corrected chi connectivity index (χ0v) is 8.40. The lowest BCUT2D eigenvalue weighted by atomic mass is 9.97. The fourth-order valence-corrected chi connectivity index (χ4v) is 2.07. The first-order chi connectivity index (χ1) is 6.33. The summed E-state index contributed by atoms with van der Waals surface area (Å²) in [6.07, 6.45) is 3.11. The van der Waals surface area contributed by atoms with Crippen LogP contribution in [-0.2, 0) is 0 Å². The van der Waals surface area contributed by atoms with Gasteiger partial charge in [-0.3, -0.25) is 0 Å². The van der Waals surface area contributed by atoms with Crippen molar-refractivity contribution in [3.63, 3.8) is 0 Å².